The molecule has 0 aromatic heterocycles. The summed E-state index contributed by atoms with van der Waals surface area (Å²) in [7, 11) is 0. The summed E-state index contributed by atoms with van der Waals surface area (Å²) in [5.74, 6) is 0.544. The molecule has 2 saturated carbocycles. The van der Waals surface area contributed by atoms with E-state index in [-0.39, 0.29) is 5.92 Å². The molecule has 0 aromatic rings. The van der Waals surface area contributed by atoms with Crippen molar-refractivity contribution in [2.45, 2.75) is 58.8 Å². The van der Waals surface area contributed by atoms with Gasteiger partial charge in [-0.25, -0.2) is 0 Å². The molecule has 1 nitrogen and oxygen atoms in total. The molecule has 0 aromatic carbocycles. The van der Waals surface area contributed by atoms with Crippen LogP contribution in [0.2, 0.25) is 0 Å². The monoisotopic (exact) mass is 232 g/mol. The molecular weight excluding hydrogens is 208 g/mol. The molecule has 2 fully saturated rings. The molecule has 0 heterocycles. The zero-order chi connectivity index (χ0) is 12.3. The molecule has 0 bridgehead atoms. The van der Waals surface area contributed by atoms with Crippen LogP contribution in [0.25, 0.3) is 0 Å². The minimum Gasteiger partial charge on any atom is -0.294 e. The van der Waals surface area contributed by atoms with Gasteiger partial charge in [-0.2, -0.15) is 0 Å². The van der Waals surface area contributed by atoms with Crippen molar-refractivity contribution in [3.05, 3.63) is 23.8 Å². The fraction of sp³-hybridized carbons (Fsp3) is 0.688. The fourth-order valence-corrected chi connectivity index (χ4v) is 4.00. The van der Waals surface area contributed by atoms with E-state index in [1.165, 1.54) is 44.1 Å². The van der Waals surface area contributed by atoms with Gasteiger partial charge in [-0.1, -0.05) is 30.6 Å². The highest BCUT2D eigenvalue weighted by molar-refractivity contribution is 5.94. The Balaban J connectivity index is 2.33. The Morgan fingerprint density at radius 1 is 1.18 bits per heavy atom. The Kier molecular flexibility index (Phi) is 3.86. The Morgan fingerprint density at radius 3 is 2.41 bits per heavy atom. The summed E-state index contributed by atoms with van der Waals surface area (Å²) in [5, 5.41) is 0. The number of ketones is 1. The van der Waals surface area contributed by atoms with Gasteiger partial charge in [0.2, 0.25) is 0 Å². The standard InChI is InChI=1S/C16H24O/c1-3-8-14(17)15-13(4-2)9-7-12-16(15)10-5-6-11-16/h3-4,8,15H,5-7,9-12H2,1-2H3/b8-3+,13-4?. The highest BCUT2D eigenvalue weighted by Gasteiger charge is 2.46. The molecule has 0 N–H and O–H groups in total. The first-order valence-electron chi connectivity index (χ1n) is 7.05. The number of hydrogen-bond acceptors (Lipinski definition) is 1. The van der Waals surface area contributed by atoms with Crippen molar-refractivity contribution in [2.75, 3.05) is 0 Å². The maximum absolute atomic E-state index is 12.4. The largest absolute Gasteiger partial charge is 0.294 e. The van der Waals surface area contributed by atoms with E-state index in [1.54, 1.807) is 6.08 Å². The molecule has 2 aliphatic carbocycles. The van der Waals surface area contributed by atoms with Crippen LogP contribution in [0.4, 0.5) is 0 Å². The van der Waals surface area contributed by atoms with Crippen LogP contribution in [0.15, 0.2) is 23.8 Å². The number of allylic oxidation sites excluding steroid dienone is 4. The minimum absolute atomic E-state index is 0.194. The molecule has 0 aliphatic heterocycles. The van der Waals surface area contributed by atoms with Crippen LogP contribution in [0.1, 0.15) is 58.8 Å². The van der Waals surface area contributed by atoms with Gasteiger partial charge in [0.25, 0.3) is 0 Å². The van der Waals surface area contributed by atoms with Gasteiger partial charge in [0, 0.05) is 5.92 Å². The third-order valence-corrected chi connectivity index (χ3v) is 4.71. The van der Waals surface area contributed by atoms with E-state index in [0.717, 1.165) is 6.42 Å². The molecule has 2 aliphatic rings. The first-order valence-corrected chi connectivity index (χ1v) is 7.05. The highest BCUT2D eigenvalue weighted by atomic mass is 16.1. The maximum Gasteiger partial charge on any atom is 0.163 e. The highest BCUT2D eigenvalue weighted by Crippen LogP contribution is 2.54. The minimum atomic E-state index is 0.194. The van der Waals surface area contributed by atoms with Gasteiger partial charge in [-0.3, -0.25) is 4.79 Å². The number of hydrogen-bond donors (Lipinski definition) is 0. The van der Waals surface area contributed by atoms with E-state index in [2.05, 4.69) is 13.0 Å². The lowest BCUT2D eigenvalue weighted by molar-refractivity contribution is -0.121. The lowest BCUT2D eigenvalue weighted by Crippen LogP contribution is -2.37. The van der Waals surface area contributed by atoms with Crippen LogP contribution in [0, 0.1) is 11.3 Å². The first kappa shape index (κ1) is 12.6. The van der Waals surface area contributed by atoms with E-state index in [1.807, 2.05) is 13.0 Å². The summed E-state index contributed by atoms with van der Waals surface area (Å²) in [5.41, 5.74) is 1.72. The van der Waals surface area contributed by atoms with Gasteiger partial charge in [0.05, 0.1) is 0 Å². The second kappa shape index (κ2) is 5.20. The predicted molar refractivity (Wildman–Crippen MR) is 71.8 cm³/mol. The van der Waals surface area contributed by atoms with Crippen LogP contribution in [-0.2, 0) is 4.79 Å². The zero-order valence-corrected chi connectivity index (χ0v) is 11.2. The Morgan fingerprint density at radius 2 is 1.82 bits per heavy atom. The van der Waals surface area contributed by atoms with Crippen LogP contribution < -0.4 is 0 Å². The second-order valence-electron chi connectivity index (χ2n) is 5.62. The number of carbonyl (C=O) groups excluding carboxylic acids is 1. The molecule has 17 heavy (non-hydrogen) atoms. The molecule has 1 heteroatoms. The maximum atomic E-state index is 12.4. The van der Waals surface area contributed by atoms with E-state index in [9.17, 15) is 4.79 Å². The van der Waals surface area contributed by atoms with Crippen molar-refractivity contribution >= 4 is 5.78 Å². The van der Waals surface area contributed by atoms with E-state index in [4.69, 9.17) is 0 Å². The average molecular weight is 232 g/mol. The van der Waals surface area contributed by atoms with Crippen molar-refractivity contribution in [1.82, 2.24) is 0 Å². The van der Waals surface area contributed by atoms with Gasteiger partial charge in [-0.15, -0.1) is 0 Å². The Bertz CT molecular complexity index is 343. The van der Waals surface area contributed by atoms with Crippen molar-refractivity contribution in [2.24, 2.45) is 11.3 Å². The van der Waals surface area contributed by atoms with E-state index >= 15 is 0 Å². The van der Waals surface area contributed by atoms with E-state index < -0.39 is 0 Å². The zero-order valence-electron chi connectivity index (χ0n) is 11.2. The molecule has 1 atom stereocenters. The Labute approximate surface area is 105 Å². The Hall–Kier alpha value is -0.850. The normalized spacial score (nSPS) is 30.5. The SMILES string of the molecule is CC=C1CCCC2(CCCC2)C1C(=O)/C=C/C. The molecule has 0 saturated heterocycles. The summed E-state index contributed by atoms with van der Waals surface area (Å²) < 4.78 is 0. The summed E-state index contributed by atoms with van der Waals surface area (Å²) in [6, 6.07) is 0. The van der Waals surface area contributed by atoms with Crippen LogP contribution in [0.3, 0.4) is 0 Å². The van der Waals surface area contributed by atoms with Gasteiger partial charge in [-0.05, 0) is 57.4 Å². The molecule has 0 amide bonds. The van der Waals surface area contributed by atoms with Crippen molar-refractivity contribution < 1.29 is 4.79 Å². The summed E-state index contributed by atoms with van der Waals surface area (Å²) in [6.45, 7) is 4.04. The smallest absolute Gasteiger partial charge is 0.163 e. The van der Waals surface area contributed by atoms with E-state index in [0.29, 0.717) is 11.2 Å². The molecule has 2 rings (SSSR count). The third-order valence-electron chi connectivity index (χ3n) is 4.71. The molecule has 1 spiro atoms. The summed E-state index contributed by atoms with van der Waals surface area (Å²) >= 11 is 0. The fourth-order valence-electron chi connectivity index (χ4n) is 4.00. The van der Waals surface area contributed by atoms with Gasteiger partial charge in [0.1, 0.15) is 0 Å². The van der Waals surface area contributed by atoms with Crippen LogP contribution >= 0.6 is 0 Å². The molecule has 1 unspecified atom stereocenters. The van der Waals surface area contributed by atoms with Gasteiger partial charge < -0.3 is 0 Å². The van der Waals surface area contributed by atoms with Gasteiger partial charge >= 0.3 is 0 Å². The van der Waals surface area contributed by atoms with Crippen LogP contribution in [0.5, 0.6) is 0 Å². The van der Waals surface area contributed by atoms with Gasteiger partial charge in [0.15, 0.2) is 5.78 Å². The molecule has 0 radical (unpaired) electrons. The lowest BCUT2D eigenvalue weighted by atomic mass is 9.61. The second-order valence-corrected chi connectivity index (χ2v) is 5.62. The number of rotatable bonds is 2. The molecule has 94 valence electrons. The van der Waals surface area contributed by atoms with Crippen molar-refractivity contribution in [1.29, 1.82) is 0 Å². The average Bonchev–Trinajstić information content (AvgIpc) is 2.77. The predicted octanol–water partition coefficient (Wildman–Crippen LogP) is 4.44. The molecular formula is C16H24O. The lowest BCUT2D eigenvalue weighted by Gasteiger charge is -2.42. The van der Waals surface area contributed by atoms with Crippen LogP contribution in [-0.4, -0.2) is 5.78 Å². The van der Waals surface area contributed by atoms with Crippen molar-refractivity contribution in [3.8, 4) is 0 Å². The quantitative estimate of drug-likeness (QED) is 0.508. The number of carbonyl (C=O) groups is 1. The first-order chi connectivity index (χ1) is 8.23. The third kappa shape index (κ3) is 2.25. The topological polar surface area (TPSA) is 17.1 Å². The van der Waals surface area contributed by atoms with Crippen molar-refractivity contribution in [3.63, 3.8) is 0 Å². The summed E-state index contributed by atoms with van der Waals surface area (Å²) in [6.07, 6.45) is 14.7. The summed E-state index contributed by atoms with van der Waals surface area (Å²) in [4.78, 5) is 12.4.